The van der Waals surface area contributed by atoms with Crippen LogP contribution in [0.25, 0.3) is 11.6 Å². The Bertz CT molecular complexity index is 740. The number of carbonyl (C=O) groups is 1. The molecule has 2 aromatic carbocycles. The quantitative estimate of drug-likeness (QED) is 0.625. The maximum absolute atomic E-state index is 10.3. The zero-order valence-electron chi connectivity index (χ0n) is 12.1. The second-order valence-electron chi connectivity index (χ2n) is 4.77. The summed E-state index contributed by atoms with van der Waals surface area (Å²) in [6.07, 6.45) is 1.78. The van der Waals surface area contributed by atoms with E-state index in [0.29, 0.717) is 11.3 Å². The van der Waals surface area contributed by atoms with Crippen molar-refractivity contribution in [3.05, 3.63) is 65.2 Å². The Labute approximate surface area is 128 Å². The SMILES string of the molecule is Cc1cccc(/C(C#N)=C\c2ccc(OCC(=O)[O-])cc2)c1. The first-order valence-electron chi connectivity index (χ1n) is 6.70. The zero-order valence-corrected chi connectivity index (χ0v) is 12.1. The van der Waals surface area contributed by atoms with Crippen LogP contribution in [0.4, 0.5) is 0 Å². The first-order chi connectivity index (χ1) is 10.6. The molecule has 0 aromatic heterocycles. The third kappa shape index (κ3) is 4.22. The van der Waals surface area contributed by atoms with Crippen molar-refractivity contribution in [1.29, 1.82) is 5.26 Å². The number of carbonyl (C=O) groups excluding carboxylic acids is 1. The fourth-order valence-electron chi connectivity index (χ4n) is 1.96. The Morgan fingerprint density at radius 1 is 1.27 bits per heavy atom. The number of hydrogen-bond acceptors (Lipinski definition) is 4. The van der Waals surface area contributed by atoms with Crippen molar-refractivity contribution in [1.82, 2.24) is 0 Å². The maximum atomic E-state index is 10.3. The molecular weight excluding hydrogens is 278 g/mol. The Morgan fingerprint density at radius 2 is 2.00 bits per heavy atom. The molecule has 2 aromatic rings. The number of nitrogens with zero attached hydrogens (tertiary/aromatic N) is 1. The first-order valence-corrected chi connectivity index (χ1v) is 6.70. The third-order valence-corrected chi connectivity index (χ3v) is 3.00. The molecule has 0 fully saturated rings. The monoisotopic (exact) mass is 292 g/mol. The van der Waals surface area contributed by atoms with Crippen molar-refractivity contribution in [3.63, 3.8) is 0 Å². The van der Waals surface area contributed by atoms with Crippen LogP contribution in [0.2, 0.25) is 0 Å². The van der Waals surface area contributed by atoms with Crippen LogP contribution in [-0.2, 0) is 4.79 Å². The van der Waals surface area contributed by atoms with Gasteiger partial charge >= 0.3 is 0 Å². The Morgan fingerprint density at radius 3 is 2.59 bits per heavy atom. The summed E-state index contributed by atoms with van der Waals surface area (Å²) in [5.74, 6) is -0.828. The molecule has 0 atom stereocenters. The minimum absolute atomic E-state index is 0.440. The molecule has 0 heterocycles. The molecule has 0 spiro atoms. The number of carboxylic acid groups (broad SMARTS) is 1. The van der Waals surface area contributed by atoms with Gasteiger partial charge in [0.2, 0.25) is 0 Å². The van der Waals surface area contributed by atoms with E-state index in [1.807, 2.05) is 31.2 Å². The van der Waals surface area contributed by atoms with Gasteiger partial charge in [-0.2, -0.15) is 5.26 Å². The van der Waals surface area contributed by atoms with E-state index in [4.69, 9.17) is 4.74 Å². The van der Waals surface area contributed by atoms with E-state index >= 15 is 0 Å². The average molecular weight is 292 g/mol. The summed E-state index contributed by atoms with van der Waals surface area (Å²) < 4.78 is 5.01. The lowest BCUT2D eigenvalue weighted by molar-refractivity contribution is -0.307. The van der Waals surface area contributed by atoms with E-state index in [1.54, 1.807) is 30.3 Å². The molecule has 0 saturated carbocycles. The molecule has 0 bridgehead atoms. The predicted octanol–water partition coefficient (Wildman–Crippen LogP) is 2.19. The Kier molecular flexibility index (Phi) is 4.94. The molecule has 0 saturated heterocycles. The van der Waals surface area contributed by atoms with Gasteiger partial charge in [-0.15, -0.1) is 0 Å². The smallest absolute Gasteiger partial charge is 0.128 e. The number of benzene rings is 2. The van der Waals surface area contributed by atoms with Gasteiger partial charge in [0, 0.05) is 0 Å². The van der Waals surface area contributed by atoms with Gasteiger partial charge in [-0.1, -0.05) is 42.0 Å². The molecule has 0 amide bonds. The molecule has 4 nitrogen and oxygen atoms in total. The molecule has 0 radical (unpaired) electrons. The summed E-state index contributed by atoms with van der Waals surface area (Å²) in [6.45, 7) is 1.49. The lowest BCUT2D eigenvalue weighted by Crippen LogP contribution is -2.28. The molecule has 0 unspecified atom stereocenters. The second kappa shape index (κ2) is 7.09. The van der Waals surface area contributed by atoms with Crippen molar-refractivity contribution in [2.45, 2.75) is 6.92 Å². The molecule has 110 valence electrons. The molecule has 0 N–H and O–H groups in total. The number of rotatable bonds is 5. The van der Waals surface area contributed by atoms with Gasteiger partial charge in [0.05, 0.1) is 17.6 Å². The normalized spacial score (nSPS) is 10.8. The number of ether oxygens (including phenoxy) is 1. The van der Waals surface area contributed by atoms with Gasteiger partial charge in [0.1, 0.15) is 12.4 Å². The maximum Gasteiger partial charge on any atom is 0.128 e. The topological polar surface area (TPSA) is 73.1 Å². The summed E-state index contributed by atoms with van der Waals surface area (Å²) >= 11 is 0. The number of carboxylic acids is 1. The van der Waals surface area contributed by atoms with E-state index in [9.17, 15) is 15.2 Å². The van der Waals surface area contributed by atoms with Crippen LogP contribution < -0.4 is 9.84 Å². The van der Waals surface area contributed by atoms with E-state index in [1.165, 1.54) is 0 Å². The number of nitriles is 1. The molecular formula is C18H14NO3-. The Hall–Kier alpha value is -3.06. The lowest BCUT2D eigenvalue weighted by atomic mass is 10.0. The van der Waals surface area contributed by atoms with Crippen LogP contribution in [-0.4, -0.2) is 12.6 Å². The van der Waals surface area contributed by atoms with Crippen LogP contribution in [0.15, 0.2) is 48.5 Å². The zero-order chi connectivity index (χ0) is 15.9. The number of allylic oxidation sites excluding steroid dienone is 1. The van der Waals surface area contributed by atoms with Gasteiger partial charge in [0.25, 0.3) is 0 Å². The number of aryl methyl sites for hydroxylation is 1. The molecule has 4 heteroatoms. The Balaban J connectivity index is 2.20. The van der Waals surface area contributed by atoms with Crippen molar-refractivity contribution < 1.29 is 14.6 Å². The minimum atomic E-state index is -1.27. The first kappa shape index (κ1) is 15.3. The fourth-order valence-corrected chi connectivity index (χ4v) is 1.96. The van der Waals surface area contributed by atoms with Gasteiger partial charge in [-0.05, 0) is 36.3 Å². The van der Waals surface area contributed by atoms with Gasteiger partial charge < -0.3 is 14.6 Å². The highest BCUT2D eigenvalue weighted by atomic mass is 16.5. The van der Waals surface area contributed by atoms with E-state index < -0.39 is 12.6 Å². The average Bonchev–Trinajstić information content (AvgIpc) is 2.51. The van der Waals surface area contributed by atoms with Gasteiger partial charge in [0.15, 0.2) is 0 Å². The van der Waals surface area contributed by atoms with E-state index in [2.05, 4.69) is 6.07 Å². The molecule has 2 rings (SSSR count). The summed E-state index contributed by atoms with van der Waals surface area (Å²) in [6, 6.07) is 16.7. The van der Waals surface area contributed by atoms with Gasteiger partial charge in [-0.3, -0.25) is 0 Å². The summed E-state index contributed by atoms with van der Waals surface area (Å²) in [7, 11) is 0. The van der Waals surface area contributed by atoms with Crippen LogP contribution in [0, 0.1) is 18.3 Å². The fraction of sp³-hybridized carbons (Fsp3) is 0.111. The van der Waals surface area contributed by atoms with E-state index in [0.717, 1.165) is 16.7 Å². The van der Waals surface area contributed by atoms with Gasteiger partial charge in [-0.25, -0.2) is 0 Å². The van der Waals surface area contributed by atoms with E-state index in [-0.39, 0.29) is 0 Å². The molecule has 0 aliphatic rings. The second-order valence-corrected chi connectivity index (χ2v) is 4.77. The lowest BCUT2D eigenvalue weighted by Gasteiger charge is -2.06. The minimum Gasteiger partial charge on any atom is -0.546 e. The summed E-state index contributed by atoms with van der Waals surface area (Å²) in [4.78, 5) is 10.3. The number of aliphatic carboxylic acids is 1. The van der Waals surface area contributed by atoms with Crippen molar-refractivity contribution >= 4 is 17.6 Å². The summed E-state index contributed by atoms with van der Waals surface area (Å²) in [5.41, 5.74) is 3.34. The van der Waals surface area contributed by atoms with Crippen molar-refractivity contribution in [2.75, 3.05) is 6.61 Å². The number of hydrogen-bond donors (Lipinski definition) is 0. The van der Waals surface area contributed by atoms with Crippen LogP contribution in [0.3, 0.4) is 0 Å². The van der Waals surface area contributed by atoms with Crippen LogP contribution >= 0.6 is 0 Å². The van der Waals surface area contributed by atoms with Crippen molar-refractivity contribution in [2.24, 2.45) is 0 Å². The predicted molar refractivity (Wildman–Crippen MR) is 81.6 cm³/mol. The highest BCUT2D eigenvalue weighted by Crippen LogP contribution is 2.20. The molecule has 0 aliphatic carbocycles. The van der Waals surface area contributed by atoms with Crippen LogP contribution in [0.1, 0.15) is 16.7 Å². The highest BCUT2D eigenvalue weighted by Gasteiger charge is 2.02. The molecule has 22 heavy (non-hydrogen) atoms. The van der Waals surface area contributed by atoms with Crippen LogP contribution in [0.5, 0.6) is 5.75 Å². The molecule has 0 aliphatic heterocycles. The van der Waals surface area contributed by atoms with Crippen molar-refractivity contribution in [3.8, 4) is 11.8 Å². The largest absolute Gasteiger partial charge is 0.546 e. The highest BCUT2D eigenvalue weighted by molar-refractivity contribution is 5.89. The summed E-state index contributed by atoms with van der Waals surface area (Å²) in [5, 5.41) is 19.6. The third-order valence-electron chi connectivity index (χ3n) is 3.00. The standard InChI is InChI=1S/C18H15NO3/c1-13-3-2-4-15(9-13)16(11-19)10-14-5-7-17(8-6-14)22-12-18(20)21/h2-10H,12H2,1H3,(H,20,21)/p-1/b16-10-.